The van der Waals surface area contributed by atoms with Crippen LogP contribution in [0.4, 0.5) is 5.69 Å². The number of benzene rings is 2. The molecule has 0 spiro atoms. The summed E-state index contributed by atoms with van der Waals surface area (Å²) in [5.41, 5.74) is 9.03. The highest BCUT2D eigenvalue weighted by Gasteiger charge is 2.21. The number of amides is 2. The Morgan fingerprint density at radius 3 is 2.52 bits per heavy atom. The molecule has 0 saturated carbocycles. The molecule has 0 aliphatic carbocycles. The minimum atomic E-state index is -0.124. The second-order valence-electron chi connectivity index (χ2n) is 5.90. The topological polar surface area (TPSA) is 75.4 Å². The van der Waals surface area contributed by atoms with E-state index in [0.29, 0.717) is 25.1 Å². The number of nitrogens with two attached hydrogens (primary N) is 1. The molecule has 5 nitrogen and oxygen atoms in total. The lowest BCUT2D eigenvalue weighted by molar-refractivity contribution is -0.117. The second kappa shape index (κ2) is 8.65. The predicted octanol–water partition coefficient (Wildman–Crippen LogP) is 2.62. The Morgan fingerprint density at radius 2 is 1.88 bits per heavy atom. The van der Waals surface area contributed by atoms with Crippen LogP contribution in [0.2, 0.25) is 0 Å². The van der Waals surface area contributed by atoms with Gasteiger partial charge in [-0.1, -0.05) is 24.3 Å². The van der Waals surface area contributed by atoms with Crippen LogP contribution >= 0.6 is 12.4 Å². The quantitative estimate of drug-likeness (QED) is 0.861. The monoisotopic (exact) mass is 359 g/mol. The molecule has 1 aliphatic rings. The molecule has 6 heteroatoms. The molecule has 0 atom stereocenters. The Balaban J connectivity index is 0.00000225. The van der Waals surface area contributed by atoms with Crippen molar-refractivity contribution in [2.75, 3.05) is 11.4 Å². The molecule has 2 aromatic carbocycles. The van der Waals surface area contributed by atoms with E-state index in [2.05, 4.69) is 5.32 Å². The third kappa shape index (κ3) is 4.59. The fraction of sp³-hybridized carbons (Fsp3) is 0.263. The molecular weight excluding hydrogens is 338 g/mol. The van der Waals surface area contributed by atoms with E-state index >= 15 is 0 Å². The molecule has 25 heavy (non-hydrogen) atoms. The highest BCUT2D eigenvalue weighted by Crippen LogP contribution is 2.22. The van der Waals surface area contributed by atoms with Crippen LogP contribution in [0.3, 0.4) is 0 Å². The van der Waals surface area contributed by atoms with Gasteiger partial charge < -0.3 is 16.0 Å². The summed E-state index contributed by atoms with van der Waals surface area (Å²) in [4.78, 5) is 25.8. The summed E-state index contributed by atoms with van der Waals surface area (Å²) in [5.74, 6) is 0.0393. The van der Waals surface area contributed by atoms with Crippen LogP contribution in [-0.2, 0) is 17.9 Å². The lowest BCUT2D eigenvalue weighted by Crippen LogP contribution is -2.25. The molecule has 3 N–H and O–H groups in total. The van der Waals surface area contributed by atoms with Crippen molar-refractivity contribution in [3.8, 4) is 0 Å². The number of rotatable bonds is 5. The zero-order chi connectivity index (χ0) is 16.9. The normalized spacial score (nSPS) is 13.5. The standard InChI is InChI=1S/C19H21N3O2.ClH/c20-12-14-6-8-16(9-7-14)19(24)21-13-15-3-1-4-17(11-15)22-10-2-5-18(22)23;/h1,3-4,6-9,11H,2,5,10,12-13,20H2,(H,21,24);1H. The number of carbonyl (C=O) groups excluding carboxylic acids is 2. The van der Waals surface area contributed by atoms with Crippen LogP contribution in [0.15, 0.2) is 48.5 Å². The molecule has 1 aliphatic heterocycles. The molecule has 2 amide bonds. The van der Waals surface area contributed by atoms with Gasteiger partial charge in [0.2, 0.25) is 5.91 Å². The Labute approximate surface area is 153 Å². The number of carbonyl (C=O) groups is 2. The second-order valence-corrected chi connectivity index (χ2v) is 5.90. The van der Waals surface area contributed by atoms with Crippen LogP contribution in [0.1, 0.15) is 34.3 Å². The number of nitrogens with one attached hydrogen (secondary N) is 1. The zero-order valence-electron chi connectivity index (χ0n) is 13.9. The Hall–Kier alpha value is -2.37. The maximum atomic E-state index is 12.2. The van der Waals surface area contributed by atoms with E-state index < -0.39 is 0 Å². The van der Waals surface area contributed by atoms with Gasteiger partial charge in [-0.15, -0.1) is 12.4 Å². The van der Waals surface area contributed by atoms with E-state index in [-0.39, 0.29) is 24.2 Å². The van der Waals surface area contributed by atoms with Crippen molar-refractivity contribution < 1.29 is 9.59 Å². The third-order valence-electron chi connectivity index (χ3n) is 4.20. The summed E-state index contributed by atoms with van der Waals surface area (Å²) in [5, 5.41) is 2.91. The fourth-order valence-electron chi connectivity index (χ4n) is 2.83. The first-order chi connectivity index (χ1) is 11.7. The van der Waals surface area contributed by atoms with Gasteiger partial charge in [0.25, 0.3) is 5.91 Å². The average Bonchev–Trinajstić information content (AvgIpc) is 3.06. The van der Waals surface area contributed by atoms with Crippen molar-refractivity contribution in [2.24, 2.45) is 5.73 Å². The molecule has 0 aromatic heterocycles. The maximum Gasteiger partial charge on any atom is 0.251 e. The van der Waals surface area contributed by atoms with Crippen molar-refractivity contribution in [3.63, 3.8) is 0 Å². The first kappa shape index (κ1) is 19.0. The number of halogens is 1. The number of nitrogens with zero attached hydrogens (tertiary/aromatic N) is 1. The molecule has 0 bridgehead atoms. The van der Waals surface area contributed by atoms with Crippen molar-refractivity contribution in [3.05, 3.63) is 65.2 Å². The highest BCUT2D eigenvalue weighted by atomic mass is 35.5. The summed E-state index contributed by atoms with van der Waals surface area (Å²) < 4.78 is 0. The van der Waals surface area contributed by atoms with Crippen LogP contribution in [0.25, 0.3) is 0 Å². The number of hydrogen-bond acceptors (Lipinski definition) is 3. The summed E-state index contributed by atoms with van der Waals surface area (Å²) in [6.07, 6.45) is 1.51. The molecule has 1 fully saturated rings. The van der Waals surface area contributed by atoms with E-state index in [4.69, 9.17) is 5.73 Å². The lowest BCUT2D eigenvalue weighted by Gasteiger charge is -2.16. The van der Waals surface area contributed by atoms with Crippen molar-refractivity contribution in [1.82, 2.24) is 5.32 Å². The zero-order valence-corrected chi connectivity index (χ0v) is 14.7. The number of anilines is 1. The molecule has 0 unspecified atom stereocenters. The van der Waals surface area contributed by atoms with E-state index in [0.717, 1.165) is 29.8 Å². The predicted molar refractivity (Wildman–Crippen MR) is 101 cm³/mol. The summed E-state index contributed by atoms with van der Waals surface area (Å²) >= 11 is 0. The molecular formula is C19H22ClN3O2. The Morgan fingerprint density at radius 1 is 1.12 bits per heavy atom. The van der Waals surface area contributed by atoms with E-state index in [1.54, 1.807) is 17.0 Å². The first-order valence-corrected chi connectivity index (χ1v) is 8.14. The first-order valence-electron chi connectivity index (χ1n) is 8.14. The fourth-order valence-corrected chi connectivity index (χ4v) is 2.83. The van der Waals surface area contributed by atoms with Gasteiger partial charge in [0, 0.05) is 37.3 Å². The largest absolute Gasteiger partial charge is 0.348 e. The van der Waals surface area contributed by atoms with E-state index in [1.165, 1.54) is 0 Å². The van der Waals surface area contributed by atoms with Gasteiger partial charge in [-0.25, -0.2) is 0 Å². The minimum absolute atomic E-state index is 0. The molecule has 1 saturated heterocycles. The van der Waals surface area contributed by atoms with Gasteiger partial charge >= 0.3 is 0 Å². The van der Waals surface area contributed by atoms with Crippen molar-refractivity contribution in [2.45, 2.75) is 25.9 Å². The van der Waals surface area contributed by atoms with Gasteiger partial charge in [-0.3, -0.25) is 9.59 Å². The molecule has 132 valence electrons. The van der Waals surface area contributed by atoms with E-state index in [1.807, 2.05) is 36.4 Å². The van der Waals surface area contributed by atoms with Gasteiger partial charge in [0.1, 0.15) is 0 Å². The van der Waals surface area contributed by atoms with Crippen LogP contribution in [0.5, 0.6) is 0 Å². The highest BCUT2D eigenvalue weighted by molar-refractivity contribution is 5.95. The van der Waals surface area contributed by atoms with Gasteiger partial charge in [-0.05, 0) is 41.8 Å². The van der Waals surface area contributed by atoms with Crippen LogP contribution < -0.4 is 16.0 Å². The van der Waals surface area contributed by atoms with Gasteiger partial charge in [-0.2, -0.15) is 0 Å². The average molecular weight is 360 g/mol. The van der Waals surface area contributed by atoms with Gasteiger partial charge in [0.05, 0.1) is 0 Å². The number of hydrogen-bond donors (Lipinski definition) is 2. The molecule has 0 radical (unpaired) electrons. The van der Waals surface area contributed by atoms with Gasteiger partial charge in [0.15, 0.2) is 0 Å². The van der Waals surface area contributed by atoms with Crippen LogP contribution in [-0.4, -0.2) is 18.4 Å². The Kier molecular flexibility index (Phi) is 6.56. The molecule has 1 heterocycles. The van der Waals surface area contributed by atoms with Crippen LogP contribution in [0, 0.1) is 0 Å². The summed E-state index contributed by atoms with van der Waals surface area (Å²) in [7, 11) is 0. The lowest BCUT2D eigenvalue weighted by atomic mass is 10.1. The summed E-state index contributed by atoms with van der Waals surface area (Å²) in [6.45, 7) is 1.65. The maximum absolute atomic E-state index is 12.2. The minimum Gasteiger partial charge on any atom is -0.348 e. The Bertz CT molecular complexity index is 747. The van der Waals surface area contributed by atoms with Crippen molar-refractivity contribution in [1.29, 1.82) is 0 Å². The smallest absolute Gasteiger partial charge is 0.251 e. The third-order valence-corrected chi connectivity index (χ3v) is 4.20. The summed E-state index contributed by atoms with van der Waals surface area (Å²) in [6, 6.07) is 15.0. The van der Waals surface area contributed by atoms with E-state index in [9.17, 15) is 9.59 Å². The van der Waals surface area contributed by atoms with Crippen molar-refractivity contribution >= 4 is 29.9 Å². The molecule has 2 aromatic rings. The molecule has 3 rings (SSSR count). The SMILES string of the molecule is Cl.NCc1ccc(C(=O)NCc2cccc(N3CCCC3=O)c2)cc1.